The van der Waals surface area contributed by atoms with E-state index >= 15 is 0 Å². The molecule has 1 heterocycles. The molecule has 1 aliphatic heterocycles. The lowest BCUT2D eigenvalue weighted by Gasteiger charge is -2.49. The average molecular weight is 380 g/mol. The van der Waals surface area contributed by atoms with E-state index in [-0.39, 0.29) is 0 Å². The Bertz CT molecular complexity index is 688. The average Bonchev–Trinajstić information content (AvgIpc) is 2.60. The standard InChI is InChI=1S/C19H24O8/c1-11-15(26-17(22)14-9-7-6-8-10-14)16(25-12(2)20)19(4,27-13(3)21)18(23-5)24-11/h6-11,15-16,18H,1-5H3/t11-,15+,16-,18-,19+/m0/s1. The van der Waals surface area contributed by atoms with Crippen molar-refractivity contribution in [3.8, 4) is 0 Å². The molecule has 0 N–H and O–H groups in total. The lowest BCUT2D eigenvalue weighted by molar-refractivity contribution is -0.327. The number of hydrogen-bond donors (Lipinski definition) is 0. The van der Waals surface area contributed by atoms with E-state index in [1.54, 1.807) is 37.3 Å². The highest BCUT2D eigenvalue weighted by atomic mass is 16.7. The van der Waals surface area contributed by atoms with Crippen molar-refractivity contribution in [2.45, 2.75) is 57.9 Å². The van der Waals surface area contributed by atoms with Gasteiger partial charge >= 0.3 is 17.9 Å². The van der Waals surface area contributed by atoms with Gasteiger partial charge < -0.3 is 23.7 Å². The minimum atomic E-state index is -1.51. The molecule has 2 rings (SSSR count). The van der Waals surface area contributed by atoms with Gasteiger partial charge in [0.2, 0.25) is 6.29 Å². The second-order valence-corrected chi connectivity index (χ2v) is 6.45. The topological polar surface area (TPSA) is 97.4 Å². The van der Waals surface area contributed by atoms with Gasteiger partial charge in [-0.15, -0.1) is 0 Å². The monoisotopic (exact) mass is 380 g/mol. The SMILES string of the molecule is CO[C@H]1O[C@@H](C)[C@@H](OC(=O)c2ccccc2)[C@H](OC(C)=O)[C@@]1(C)OC(C)=O. The molecule has 1 aliphatic rings. The summed E-state index contributed by atoms with van der Waals surface area (Å²) in [4.78, 5) is 35.9. The number of methoxy groups -OCH3 is 1. The van der Waals surface area contributed by atoms with Crippen LogP contribution in [0.1, 0.15) is 38.1 Å². The second-order valence-electron chi connectivity index (χ2n) is 6.45. The lowest BCUT2D eigenvalue weighted by Crippen LogP contribution is -2.67. The maximum absolute atomic E-state index is 12.5. The molecule has 0 unspecified atom stereocenters. The van der Waals surface area contributed by atoms with Gasteiger partial charge in [-0.1, -0.05) is 18.2 Å². The minimum Gasteiger partial charge on any atom is -0.454 e. The van der Waals surface area contributed by atoms with Crippen LogP contribution in [0.15, 0.2) is 30.3 Å². The van der Waals surface area contributed by atoms with Crippen LogP contribution in [0.3, 0.4) is 0 Å². The van der Waals surface area contributed by atoms with Crippen LogP contribution in [-0.4, -0.2) is 55.2 Å². The van der Waals surface area contributed by atoms with Crippen molar-refractivity contribution in [3.63, 3.8) is 0 Å². The zero-order valence-corrected chi connectivity index (χ0v) is 16.0. The molecule has 1 aromatic rings. The Morgan fingerprint density at radius 1 is 1.04 bits per heavy atom. The third-order valence-corrected chi connectivity index (χ3v) is 4.26. The Labute approximate surface area is 157 Å². The molecule has 8 heteroatoms. The van der Waals surface area contributed by atoms with Gasteiger partial charge in [-0.25, -0.2) is 4.79 Å². The zero-order chi connectivity index (χ0) is 20.2. The summed E-state index contributed by atoms with van der Waals surface area (Å²) in [6, 6.07) is 8.36. The van der Waals surface area contributed by atoms with E-state index in [1.165, 1.54) is 27.9 Å². The summed E-state index contributed by atoms with van der Waals surface area (Å²) in [6.45, 7) is 5.59. The molecule has 148 valence electrons. The van der Waals surface area contributed by atoms with Crippen LogP contribution in [0, 0.1) is 0 Å². The molecule has 0 aliphatic carbocycles. The summed E-state index contributed by atoms with van der Waals surface area (Å²) >= 11 is 0. The molecule has 27 heavy (non-hydrogen) atoms. The summed E-state index contributed by atoms with van der Waals surface area (Å²) in [6.07, 6.45) is -3.85. The molecule has 1 aromatic carbocycles. The highest BCUT2D eigenvalue weighted by Crippen LogP contribution is 2.37. The van der Waals surface area contributed by atoms with Gasteiger partial charge in [-0.05, 0) is 26.0 Å². The maximum Gasteiger partial charge on any atom is 0.338 e. The Balaban J connectivity index is 2.38. The van der Waals surface area contributed by atoms with Crippen LogP contribution >= 0.6 is 0 Å². The summed E-state index contributed by atoms with van der Waals surface area (Å²) in [5.41, 5.74) is -1.19. The first-order valence-corrected chi connectivity index (χ1v) is 8.50. The molecule has 1 fully saturated rings. The normalized spacial score (nSPS) is 30.3. The van der Waals surface area contributed by atoms with E-state index in [2.05, 4.69) is 0 Å². The Kier molecular flexibility index (Phi) is 6.56. The van der Waals surface area contributed by atoms with Gasteiger partial charge in [0.1, 0.15) is 0 Å². The molecule has 0 amide bonds. The van der Waals surface area contributed by atoms with Crippen molar-refractivity contribution < 1.29 is 38.1 Å². The van der Waals surface area contributed by atoms with Crippen molar-refractivity contribution >= 4 is 17.9 Å². The summed E-state index contributed by atoms with van der Waals surface area (Å²) in [5, 5.41) is 0. The smallest absolute Gasteiger partial charge is 0.338 e. The number of benzene rings is 1. The van der Waals surface area contributed by atoms with Crippen molar-refractivity contribution in [2.24, 2.45) is 0 Å². The predicted molar refractivity (Wildman–Crippen MR) is 92.7 cm³/mol. The summed E-state index contributed by atoms with van der Waals surface area (Å²) in [7, 11) is 1.38. The largest absolute Gasteiger partial charge is 0.454 e. The number of rotatable bonds is 5. The Hall–Kier alpha value is -2.45. The maximum atomic E-state index is 12.5. The first-order valence-electron chi connectivity index (χ1n) is 8.50. The Morgan fingerprint density at radius 2 is 1.67 bits per heavy atom. The number of hydrogen-bond acceptors (Lipinski definition) is 8. The van der Waals surface area contributed by atoms with E-state index < -0.39 is 48.1 Å². The van der Waals surface area contributed by atoms with Crippen LogP contribution < -0.4 is 0 Å². The van der Waals surface area contributed by atoms with Gasteiger partial charge in [0.15, 0.2) is 17.8 Å². The van der Waals surface area contributed by atoms with E-state index in [0.29, 0.717) is 5.56 Å². The predicted octanol–water partition coefficient (Wildman–Crippen LogP) is 1.86. The molecule has 8 nitrogen and oxygen atoms in total. The van der Waals surface area contributed by atoms with E-state index in [1.807, 2.05) is 0 Å². The molecule has 1 saturated heterocycles. The number of esters is 3. The van der Waals surface area contributed by atoms with Gasteiger partial charge in [-0.2, -0.15) is 0 Å². The fourth-order valence-corrected chi connectivity index (χ4v) is 3.11. The lowest BCUT2D eigenvalue weighted by atomic mass is 9.87. The first-order chi connectivity index (χ1) is 12.7. The third-order valence-electron chi connectivity index (χ3n) is 4.26. The second kappa shape index (κ2) is 8.49. The van der Waals surface area contributed by atoms with Crippen LogP contribution in [-0.2, 0) is 33.3 Å². The molecular weight excluding hydrogens is 356 g/mol. The van der Waals surface area contributed by atoms with Gasteiger partial charge in [-0.3, -0.25) is 9.59 Å². The van der Waals surface area contributed by atoms with E-state index in [9.17, 15) is 14.4 Å². The molecule has 0 aromatic heterocycles. The van der Waals surface area contributed by atoms with Gasteiger partial charge in [0.25, 0.3) is 0 Å². The summed E-state index contributed by atoms with van der Waals surface area (Å²) < 4.78 is 27.4. The molecule has 0 bridgehead atoms. The van der Waals surface area contributed by atoms with Crippen LogP contribution in [0.5, 0.6) is 0 Å². The zero-order valence-electron chi connectivity index (χ0n) is 16.0. The van der Waals surface area contributed by atoms with E-state index in [4.69, 9.17) is 23.7 Å². The molecule has 0 spiro atoms. The molecule has 0 radical (unpaired) electrons. The fourth-order valence-electron chi connectivity index (χ4n) is 3.11. The first kappa shape index (κ1) is 20.9. The van der Waals surface area contributed by atoms with Crippen LogP contribution in [0.4, 0.5) is 0 Å². The highest BCUT2D eigenvalue weighted by Gasteiger charge is 2.59. The van der Waals surface area contributed by atoms with Crippen LogP contribution in [0.2, 0.25) is 0 Å². The fraction of sp³-hybridized carbons (Fsp3) is 0.526. The number of carbonyl (C=O) groups excluding carboxylic acids is 3. The Morgan fingerprint density at radius 3 is 2.19 bits per heavy atom. The van der Waals surface area contributed by atoms with Gasteiger partial charge in [0, 0.05) is 21.0 Å². The third kappa shape index (κ3) is 4.64. The highest BCUT2D eigenvalue weighted by molar-refractivity contribution is 5.89. The van der Waals surface area contributed by atoms with Crippen molar-refractivity contribution in [1.82, 2.24) is 0 Å². The van der Waals surface area contributed by atoms with Crippen molar-refractivity contribution in [1.29, 1.82) is 0 Å². The summed E-state index contributed by atoms with van der Waals surface area (Å²) in [5.74, 6) is -1.86. The quantitative estimate of drug-likeness (QED) is 0.564. The van der Waals surface area contributed by atoms with Crippen LogP contribution in [0.25, 0.3) is 0 Å². The number of carbonyl (C=O) groups is 3. The van der Waals surface area contributed by atoms with Gasteiger partial charge in [0.05, 0.1) is 11.7 Å². The minimum absolute atomic E-state index is 0.328. The molecule has 5 atom stereocenters. The van der Waals surface area contributed by atoms with Crippen molar-refractivity contribution in [2.75, 3.05) is 7.11 Å². The number of ether oxygens (including phenoxy) is 5. The molecule has 0 saturated carbocycles. The van der Waals surface area contributed by atoms with Crippen molar-refractivity contribution in [3.05, 3.63) is 35.9 Å². The van der Waals surface area contributed by atoms with E-state index in [0.717, 1.165) is 0 Å². The molecular formula is C19H24O8.